The zero-order chi connectivity index (χ0) is 12.0. The Morgan fingerprint density at radius 2 is 1.88 bits per heavy atom. The van der Waals surface area contributed by atoms with Crippen LogP contribution in [-0.2, 0) is 11.3 Å². The van der Waals surface area contributed by atoms with E-state index < -0.39 is 5.97 Å². The molecule has 1 aromatic heterocycles. The molecule has 0 fully saturated rings. The van der Waals surface area contributed by atoms with E-state index in [-0.39, 0.29) is 18.1 Å². The fourth-order valence-electron chi connectivity index (χ4n) is 1.57. The Labute approximate surface area is 93.9 Å². The second-order valence-corrected chi connectivity index (χ2v) is 3.81. The standard InChI is InChI=1S/C11H17NO4/c13-9-7-10(14)12(8-9)6-4-2-1-3-5-11(15)16/h7-8,13-14H,1-6H2,(H,15,16). The quantitative estimate of drug-likeness (QED) is 0.621. The van der Waals surface area contributed by atoms with Crippen molar-refractivity contribution in [2.75, 3.05) is 0 Å². The summed E-state index contributed by atoms with van der Waals surface area (Å²) in [6.07, 6.45) is 5.05. The zero-order valence-electron chi connectivity index (χ0n) is 9.09. The van der Waals surface area contributed by atoms with Gasteiger partial charge in [-0.1, -0.05) is 12.8 Å². The summed E-state index contributed by atoms with van der Waals surface area (Å²) in [5.41, 5.74) is 0. The summed E-state index contributed by atoms with van der Waals surface area (Å²) in [5, 5.41) is 26.8. The lowest BCUT2D eigenvalue weighted by Crippen LogP contribution is -1.96. The SMILES string of the molecule is O=C(O)CCCCCCn1cc(O)cc1O. The molecule has 5 heteroatoms. The molecule has 0 aliphatic carbocycles. The molecule has 1 aromatic rings. The first-order chi connectivity index (χ1) is 7.59. The lowest BCUT2D eigenvalue weighted by molar-refractivity contribution is -0.137. The van der Waals surface area contributed by atoms with Crippen LogP contribution in [0.25, 0.3) is 0 Å². The number of rotatable bonds is 7. The van der Waals surface area contributed by atoms with Gasteiger partial charge in [0.1, 0.15) is 5.75 Å². The number of carboxylic acids is 1. The molecule has 0 amide bonds. The highest BCUT2D eigenvalue weighted by Gasteiger charge is 2.02. The third-order valence-corrected chi connectivity index (χ3v) is 2.40. The number of aliphatic carboxylic acids is 1. The van der Waals surface area contributed by atoms with E-state index >= 15 is 0 Å². The molecule has 0 atom stereocenters. The third kappa shape index (κ3) is 4.25. The van der Waals surface area contributed by atoms with Gasteiger partial charge in [0.15, 0.2) is 5.88 Å². The fraction of sp³-hybridized carbons (Fsp3) is 0.545. The van der Waals surface area contributed by atoms with E-state index in [1.54, 1.807) is 4.57 Å². The van der Waals surface area contributed by atoms with Crippen molar-refractivity contribution >= 4 is 5.97 Å². The average molecular weight is 227 g/mol. The second-order valence-electron chi connectivity index (χ2n) is 3.81. The molecule has 0 aliphatic rings. The van der Waals surface area contributed by atoms with Crippen molar-refractivity contribution in [3.8, 4) is 11.6 Å². The minimum Gasteiger partial charge on any atom is -0.506 e. The van der Waals surface area contributed by atoms with E-state index in [1.807, 2.05) is 0 Å². The molecule has 16 heavy (non-hydrogen) atoms. The number of nitrogens with zero attached hydrogens (tertiary/aromatic N) is 1. The minimum atomic E-state index is -0.757. The molecule has 5 nitrogen and oxygen atoms in total. The Hall–Kier alpha value is -1.65. The summed E-state index contributed by atoms with van der Waals surface area (Å²) in [6.45, 7) is 0.638. The van der Waals surface area contributed by atoms with Crippen LogP contribution < -0.4 is 0 Å². The summed E-state index contributed by atoms with van der Waals surface area (Å²) < 4.78 is 1.58. The van der Waals surface area contributed by atoms with Crippen LogP contribution in [0, 0.1) is 0 Å². The number of aromatic hydroxyl groups is 2. The number of hydrogen-bond acceptors (Lipinski definition) is 3. The number of hydrogen-bond donors (Lipinski definition) is 3. The fourth-order valence-corrected chi connectivity index (χ4v) is 1.57. The Morgan fingerprint density at radius 1 is 1.19 bits per heavy atom. The highest BCUT2D eigenvalue weighted by atomic mass is 16.4. The normalized spacial score (nSPS) is 10.5. The molecular formula is C11H17NO4. The van der Waals surface area contributed by atoms with Gasteiger partial charge in [-0.2, -0.15) is 0 Å². The number of carbonyl (C=O) groups is 1. The molecule has 1 rings (SSSR count). The first-order valence-corrected chi connectivity index (χ1v) is 5.39. The summed E-state index contributed by atoms with van der Waals surface area (Å²) >= 11 is 0. The highest BCUT2D eigenvalue weighted by molar-refractivity contribution is 5.66. The molecule has 0 unspecified atom stereocenters. The van der Waals surface area contributed by atoms with Gasteiger partial charge in [0, 0.05) is 25.2 Å². The molecule has 0 saturated heterocycles. The molecule has 1 heterocycles. The van der Waals surface area contributed by atoms with Gasteiger partial charge in [0.25, 0.3) is 0 Å². The van der Waals surface area contributed by atoms with Crippen LogP contribution in [0.1, 0.15) is 32.1 Å². The first-order valence-electron chi connectivity index (χ1n) is 5.39. The average Bonchev–Trinajstić information content (AvgIpc) is 2.50. The van der Waals surface area contributed by atoms with Crippen molar-refractivity contribution in [3.63, 3.8) is 0 Å². The molecule has 0 saturated carbocycles. The molecule has 0 spiro atoms. The van der Waals surface area contributed by atoms with Gasteiger partial charge in [-0.25, -0.2) is 0 Å². The monoisotopic (exact) mass is 227 g/mol. The topological polar surface area (TPSA) is 82.7 Å². The molecule has 3 N–H and O–H groups in total. The van der Waals surface area contributed by atoms with Crippen molar-refractivity contribution in [1.82, 2.24) is 4.57 Å². The van der Waals surface area contributed by atoms with Gasteiger partial charge >= 0.3 is 5.97 Å². The molecule has 90 valence electrons. The van der Waals surface area contributed by atoms with Crippen molar-refractivity contribution in [2.45, 2.75) is 38.6 Å². The van der Waals surface area contributed by atoms with E-state index in [0.717, 1.165) is 19.3 Å². The van der Waals surface area contributed by atoms with Crippen molar-refractivity contribution < 1.29 is 20.1 Å². The van der Waals surface area contributed by atoms with E-state index in [0.29, 0.717) is 13.0 Å². The van der Waals surface area contributed by atoms with E-state index in [1.165, 1.54) is 12.3 Å². The van der Waals surface area contributed by atoms with Crippen LogP contribution in [0.2, 0.25) is 0 Å². The molecule has 0 bridgehead atoms. The minimum absolute atomic E-state index is 0.0584. The Bertz CT molecular complexity index is 346. The zero-order valence-corrected chi connectivity index (χ0v) is 9.09. The Balaban J connectivity index is 2.11. The highest BCUT2D eigenvalue weighted by Crippen LogP contribution is 2.20. The smallest absolute Gasteiger partial charge is 0.303 e. The van der Waals surface area contributed by atoms with Gasteiger partial charge in [0.2, 0.25) is 0 Å². The summed E-state index contributed by atoms with van der Waals surface area (Å²) in [5.74, 6) is -0.639. The number of carboxylic acid groups (broad SMARTS) is 1. The maximum atomic E-state index is 10.2. The Kier molecular flexibility index (Phi) is 4.69. The maximum Gasteiger partial charge on any atom is 0.303 e. The summed E-state index contributed by atoms with van der Waals surface area (Å²) in [7, 11) is 0. The van der Waals surface area contributed by atoms with Gasteiger partial charge in [-0.15, -0.1) is 0 Å². The number of unbranched alkanes of at least 4 members (excludes halogenated alkanes) is 3. The van der Waals surface area contributed by atoms with Crippen LogP contribution in [0.5, 0.6) is 11.6 Å². The lowest BCUT2D eigenvalue weighted by atomic mass is 10.1. The van der Waals surface area contributed by atoms with Crippen LogP contribution in [0.4, 0.5) is 0 Å². The summed E-state index contributed by atoms with van der Waals surface area (Å²) in [6, 6.07) is 1.30. The van der Waals surface area contributed by atoms with Crippen LogP contribution in [0.3, 0.4) is 0 Å². The van der Waals surface area contributed by atoms with E-state index in [9.17, 15) is 9.90 Å². The molecular weight excluding hydrogens is 210 g/mol. The largest absolute Gasteiger partial charge is 0.506 e. The molecule has 0 aromatic carbocycles. The van der Waals surface area contributed by atoms with Gasteiger partial charge in [0.05, 0.1) is 0 Å². The summed E-state index contributed by atoms with van der Waals surface area (Å²) in [4.78, 5) is 10.2. The van der Waals surface area contributed by atoms with Gasteiger partial charge < -0.3 is 19.9 Å². The van der Waals surface area contributed by atoms with Gasteiger partial charge in [-0.3, -0.25) is 4.79 Å². The van der Waals surface area contributed by atoms with Crippen molar-refractivity contribution in [1.29, 1.82) is 0 Å². The number of aromatic nitrogens is 1. The van der Waals surface area contributed by atoms with Crippen molar-refractivity contribution in [2.24, 2.45) is 0 Å². The van der Waals surface area contributed by atoms with Crippen molar-refractivity contribution in [3.05, 3.63) is 12.3 Å². The maximum absolute atomic E-state index is 10.2. The third-order valence-electron chi connectivity index (χ3n) is 2.40. The van der Waals surface area contributed by atoms with Gasteiger partial charge in [-0.05, 0) is 12.8 Å². The Morgan fingerprint density at radius 3 is 2.44 bits per heavy atom. The second kappa shape index (κ2) is 6.05. The molecule has 0 radical (unpaired) electrons. The number of aryl methyl sites for hydroxylation is 1. The lowest BCUT2D eigenvalue weighted by Gasteiger charge is -2.03. The van der Waals surface area contributed by atoms with Crippen LogP contribution in [-0.4, -0.2) is 25.9 Å². The first kappa shape index (κ1) is 12.4. The predicted molar refractivity (Wildman–Crippen MR) is 58.5 cm³/mol. The van der Waals surface area contributed by atoms with Crippen LogP contribution >= 0.6 is 0 Å². The van der Waals surface area contributed by atoms with Crippen LogP contribution in [0.15, 0.2) is 12.3 Å². The van der Waals surface area contributed by atoms with E-state index in [2.05, 4.69) is 0 Å². The molecule has 0 aliphatic heterocycles. The predicted octanol–water partition coefficient (Wildman–Crippen LogP) is 1.93. The van der Waals surface area contributed by atoms with E-state index in [4.69, 9.17) is 10.2 Å².